The third kappa shape index (κ3) is 3.95. The molecular weight excluding hydrogens is 444 g/mol. The second-order valence-electron chi connectivity index (χ2n) is 6.78. The number of fused-ring (bicyclic) bond motifs is 1. The van der Waals surface area contributed by atoms with Gasteiger partial charge in [-0.3, -0.25) is 14.4 Å². The molecule has 0 aliphatic rings. The first kappa shape index (κ1) is 19.8. The number of ketones is 1. The van der Waals surface area contributed by atoms with Crippen LogP contribution in [0.3, 0.4) is 0 Å². The number of amides is 1. The van der Waals surface area contributed by atoms with Crippen LogP contribution in [0.5, 0.6) is 0 Å². The minimum Gasteiger partial charge on any atom is -0.337 e. The Bertz CT molecular complexity index is 1260. The molecule has 5 nitrogen and oxygen atoms in total. The number of hydrogen-bond donors (Lipinski definition) is 1. The highest BCUT2D eigenvalue weighted by Gasteiger charge is 2.16. The summed E-state index contributed by atoms with van der Waals surface area (Å²) < 4.78 is 2.58. The highest BCUT2D eigenvalue weighted by molar-refractivity contribution is 9.10. The van der Waals surface area contributed by atoms with Crippen molar-refractivity contribution < 1.29 is 14.4 Å². The molecule has 0 atom stereocenters. The van der Waals surface area contributed by atoms with Crippen LogP contribution in [0.2, 0.25) is 0 Å². The molecule has 148 valence electrons. The van der Waals surface area contributed by atoms with Crippen molar-refractivity contribution >= 4 is 50.5 Å². The van der Waals surface area contributed by atoms with Crippen LogP contribution in [0.25, 0.3) is 10.9 Å². The molecule has 0 aliphatic heterocycles. The molecular formula is C24H17BrN2O3. The van der Waals surface area contributed by atoms with Crippen molar-refractivity contribution in [2.45, 2.75) is 6.54 Å². The number of aldehydes is 1. The van der Waals surface area contributed by atoms with Crippen molar-refractivity contribution in [2.24, 2.45) is 0 Å². The van der Waals surface area contributed by atoms with Crippen LogP contribution in [0, 0.1) is 0 Å². The maximum Gasteiger partial charge on any atom is 0.244 e. The Hall–Kier alpha value is -3.51. The molecule has 0 unspecified atom stereocenters. The molecule has 0 aliphatic carbocycles. The molecule has 4 aromatic rings. The predicted molar refractivity (Wildman–Crippen MR) is 120 cm³/mol. The van der Waals surface area contributed by atoms with Gasteiger partial charge in [0, 0.05) is 38.3 Å². The molecule has 1 aromatic heterocycles. The number of carbonyl (C=O) groups excluding carboxylic acids is 3. The minimum absolute atomic E-state index is 0.0137. The number of hydrogen-bond acceptors (Lipinski definition) is 3. The summed E-state index contributed by atoms with van der Waals surface area (Å²) in [4.78, 5) is 37.0. The van der Waals surface area contributed by atoms with Crippen LogP contribution < -0.4 is 5.32 Å². The number of halogens is 1. The van der Waals surface area contributed by atoms with Crippen molar-refractivity contribution in [3.05, 3.63) is 100 Å². The summed E-state index contributed by atoms with van der Waals surface area (Å²) >= 11 is 3.40. The van der Waals surface area contributed by atoms with Gasteiger partial charge in [-0.2, -0.15) is 0 Å². The van der Waals surface area contributed by atoms with Crippen molar-refractivity contribution in [3.8, 4) is 0 Å². The lowest BCUT2D eigenvalue weighted by Gasteiger charge is -2.11. The molecule has 0 spiro atoms. The number of rotatable bonds is 6. The summed E-state index contributed by atoms with van der Waals surface area (Å²) in [6, 6.07) is 21.4. The average molecular weight is 461 g/mol. The summed E-state index contributed by atoms with van der Waals surface area (Å²) in [5, 5.41) is 3.61. The Morgan fingerprint density at radius 3 is 2.47 bits per heavy atom. The predicted octanol–water partition coefficient (Wildman–Crippen LogP) is 5.09. The Labute approximate surface area is 181 Å². The van der Waals surface area contributed by atoms with Crippen LogP contribution >= 0.6 is 15.9 Å². The number of anilines is 1. The molecule has 3 aromatic carbocycles. The van der Waals surface area contributed by atoms with Crippen LogP contribution in [0.1, 0.15) is 26.3 Å². The monoisotopic (exact) mass is 460 g/mol. The largest absolute Gasteiger partial charge is 0.337 e. The Kier molecular flexibility index (Phi) is 5.59. The van der Waals surface area contributed by atoms with E-state index in [0.29, 0.717) is 22.4 Å². The number of benzene rings is 3. The topological polar surface area (TPSA) is 68.2 Å². The number of nitrogens with zero attached hydrogens (tertiary/aromatic N) is 1. The summed E-state index contributed by atoms with van der Waals surface area (Å²) in [6.07, 6.45) is 2.43. The van der Waals surface area contributed by atoms with E-state index in [1.165, 1.54) is 0 Å². The lowest BCUT2D eigenvalue weighted by Crippen LogP contribution is -2.20. The van der Waals surface area contributed by atoms with E-state index in [1.807, 2.05) is 24.3 Å². The number of para-hydroxylation sites is 1. The van der Waals surface area contributed by atoms with E-state index in [4.69, 9.17) is 0 Å². The fourth-order valence-corrected chi connectivity index (χ4v) is 3.76. The van der Waals surface area contributed by atoms with E-state index in [9.17, 15) is 14.4 Å². The normalized spacial score (nSPS) is 10.7. The standard InChI is InChI=1S/C24H17BrN2O3/c25-18-10-11-22-20(12-18)17(15-28)13-27(22)14-23(29)26-21-9-5-4-8-19(21)24(30)16-6-2-1-3-7-16/h1-13,15H,14H2,(H,26,29). The highest BCUT2D eigenvalue weighted by Crippen LogP contribution is 2.25. The number of nitrogens with one attached hydrogen (secondary N) is 1. The molecule has 1 N–H and O–H groups in total. The van der Waals surface area contributed by atoms with Gasteiger partial charge in [0.2, 0.25) is 5.91 Å². The maximum absolute atomic E-state index is 12.9. The van der Waals surface area contributed by atoms with Gasteiger partial charge in [0.15, 0.2) is 12.1 Å². The molecule has 6 heteroatoms. The summed E-state index contributed by atoms with van der Waals surface area (Å²) in [6.45, 7) is 0.0137. The Morgan fingerprint density at radius 1 is 0.967 bits per heavy atom. The molecule has 1 heterocycles. The van der Waals surface area contributed by atoms with Gasteiger partial charge < -0.3 is 9.88 Å². The van der Waals surface area contributed by atoms with Crippen molar-refractivity contribution in [1.29, 1.82) is 0 Å². The van der Waals surface area contributed by atoms with Crippen LogP contribution in [0.4, 0.5) is 5.69 Å². The van der Waals surface area contributed by atoms with E-state index >= 15 is 0 Å². The first-order valence-corrected chi connectivity index (χ1v) is 10.1. The van der Waals surface area contributed by atoms with Crippen LogP contribution in [-0.4, -0.2) is 22.5 Å². The first-order chi connectivity index (χ1) is 14.6. The number of carbonyl (C=O) groups is 3. The first-order valence-electron chi connectivity index (χ1n) is 9.29. The Morgan fingerprint density at radius 2 is 1.70 bits per heavy atom. The zero-order valence-electron chi connectivity index (χ0n) is 15.8. The van der Waals surface area contributed by atoms with Crippen LogP contribution in [0.15, 0.2) is 83.5 Å². The summed E-state index contributed by atoms with van der Waals surface area (Å²) in [7, 11) is 0. The van der Waals surface area contributed by atoms with Gasteiger partial charge in [-0.1, -0.05) is 58.4 Å². The number of aromatic nitrogens is 1. The van der Waals surface area contributed by atoms with E-state index < -0.39 is 0 Å². The van der Waals surface area contributed by atoms with Crippen LogP contribution in [-0.2, 0) is 11.3 Å². The molecule has 0 saturated carbocycles. The molecule has 4 rings (SSSR count). The summed E-state index contributed by atoms with van der Waals surface area (Å²) in [5.41, 5.74) is 2.72. The highest BCUT2D eigenvalue weighted by atomic mass is 79.9. The second-order valence-corrected chi connectivity index (χ2v) is 7.70. The quantitative estimate of drug-likeness (QED) is 0.322. The zero-order chi connectivity index (χ0) is 21.1. The third-order valence-electron chi connectivity index (χ3n) is 4.80. The zero-order valence-corrected chi connectivity index (χ0v) is 17.4. The third-order valence-corrected chi connectivity index (χ3v) is 5.29. The minimum atomic E-state index is -0.291. The molecule has 0 radical (unpaired) electrons. The lowest BCUT2D eigenvalue weighted by atomic mass is 10.0. The van der Waals surface area contributed by atoms with Gasteiger partial charge in [-0.25, -0.2) is 0 Å². The van der Waals surface area contributed by atoms with Gasteiger partial charge in [0.25, 0.3) is 0 Å². The smallest absolute Gasteiger partial charge is 0.244 e. The second kappa shape index (κ2) is 8.47. The van der Waals surface area contributed by atoms with E-state index in [0.717, 1.165) is 21.7 Å². The molecule has 0 bridgehead atoms. The lowest BCUT2D eigenvalue weighted by molar-refractivity contribution is -0.116. The van der Waals surface area contributed by atoms with E-state index in [2.05, 4.69) is 21.2 Å². The fourth-order valence-electron chi connectivity index (χ4n) is 3.40. The van der Waals surface area contributed by atoms with Crippen molar-refractivity contribution in [1.82, 2.24) is 4.57 Å². The molecule has 0 saturated heterocycles. The van der Waals surface area contributed by atoms with E-state index in [1.54, 1.807) is 59.3 Å². The molecule has 1 amide bonds. The molecule has 0 fully saturated rings. The van der Waals surface area contributed by atoms with Gasteiger partial charge in [0.05, 0.1) is 5.69 Å². The van der Waals surface area contributed by atoms with E-state index in [-0.39, 0.29) is 18.2 Å². The van der Waals surface area contributed by atoms with Gasteiger partial charge in [-0.15, -0.1) is 0 Å². The SMILES string of the molecule is O=Cc1cn(CC(=O)Nc2ccccc2C(=O)c2ccccc2)c2ccc(Br)cc12. The van der Waals surface area contributed by atoms with Crippen molar-refractivity contribution in [2.75, 3.05) is 5.32 Å². The molecule has 30 heavy (non-hydrogen) atoms. The fraction of sp³-hybridized carbons (Fsp3) is 0.0417. The van der Waals surface area contributed by atoms with Gasteiger partial charge >= 0.3 is 0 Å². The maximum atomic E-state index is 12.9. The van der Waals surface area contributed by atoms with Gasteiger partial charge in [-0.05, 0) is 30.3 Å². The van der Waals surface area contributed by atoms with Gasteiger partial charge in [0.1, 0.15) is 6.54 Å². The summed E-state index contributed by atoms with van der Waals surface area (Å²) in [5.74, 6) is -0.452. The average Bonchev–Trinajstić information content (AvgIpc) is 3.10. The van der Waals surface area contributed by atoms with Crippen molar-refractivity contribution in [3.63, 3.8) is 0 Å². The Balaban J connectivity index is 1.60.